The van der Waals surface area contributed by atoms with Crippen molar-refractivity contribution in [1.29, 1.82) is 0 Å². The molecule has 0 saturated carbocycles. The molecule has 0 aliphatic rings. The van der Waals surface area contributed by atoms with E-state index in [1.165, 1.54) is 0 Å². The molecule has 17 heavy (non-hydrogen) atoms. The highest BCUT2D eigenvalue weighted by atomic mass is 16.3. The number of carbonyl (C=O) groups is 1. The van der Waals surface area contributed by atoms with Crippen molar-refractivity contribution in [3.05, 3.63) is 30.1 Å². The topological polar surface area (TPSA) is 74.2 Å². The molecule has 0 aliphatic carbocycles. The summed E-state index contributed by atoms with van der Waals surface area (Å²) in [6, 6.07) is 5.51. The first kappa shape index (κ1) is 13.6. The Morgan fingerprint density at radius 2 is 2.29 bits per heavy atom. The fourth-order valence-corrected chi connectivity index (χ4v) is 1.33. The molecule has 1 aromatic heterocycles. The molecule has 0 radical (unpaired) electrons. The van der Waals surface area contributed by atoms with E-state index in [0.717, 1.165) is 5.69 Å². The van der Waals surface area contributed by atoms with Gasteiger partial charge in [-0.05, 0) is 19.1 Å². The van der Waals surface area contributed by atoms with Gasteiger partial charge in [0.25, 0.3) is 0 Å². The number of amides is 1. The molecule has 0 aliphatic heterocycles. The Labute approximate surface area is 101 Å². The minimum absolute atomic E-state index is 0.0393. The largest absolute Gasteiger partial charge is 0.392 e. The first-order chi connectivity index (χ1) is 8.18. The number of nitrogens with one attached hydrogen (secondary N) is 2. The summed E-state index contributed by atoms with van der Waals surface area (Å²) in [5.41, 5.74) is 0.766. The van der Waals surface area contributed by atoms with Crippen molar-refractivity contribution in [2.45, 2.75) is 19.4 Å². The third-order valence-corrected chi connectivity index (χ3v) is 2.13. The van der Waals surface area contributed by atoms with E-state index in [9.17, 15) is 4.79 Å². The second-order valence-electron chi connectivity index (χ2n) is 3.90. The highest BCUT2D eigenvalue weighted by molar-refractivity contribution is 5.78. The number of hydrogen-bond donors (Lipinski definition) is 3. The maximum atomic E-state index is 11.5. The van der Waals surface area contributed by atoms with Gasteiger partial charge in [0.05, 0.1) is 12.5 Å². The molecule has 1 atom stereocenters. The van der Waals surface area contributed by atoms with Gasteiger partial charge in [-0.15, -0.1) is 0 Å². The number of rotatable bonds is 7. The summed E-state index contributed by atoms with van der Waals surface area (Å²) in [6.07, 6.45) is 1.61. The second-order valence-corrected chi connectivity index (χ2v) is 3.90. The van der Waals surface area contributed by atoms with Gasteiger partial charge in [-0.2, -0.15) is 0 Å². The molecule has 0 spiro atoms. The molecule has 0 fully saturated rings. The van der Waals surface area contributed by atoms with Crippen molar-refractivity contribution >= 4 is 5.91 Å². The zero-order valence-corrected chi connectivity index (χ0v) is 10.0. The molecule has 1 aromatic rings. The molecular weight excluding hydrogens is 218 g/mol. The standard InChI is InChI=1S/C12H19N3O2/c1-10(16)9-13-6-7-15-12(17)8-11-4-2-3-5-14-11/h2-5,10,13,16H,6-9H2,1H3,(H,15,17). The Hall–Kier alpha value is -1.46. The average molecular weight is 237 g/mol. The van der Waals surface area contributed by atoms with Crippen LogP contribution in [0, 0.1) is 0 Å². The van der Waals surface area contributed by atoms with Crippen LogP contribution in [0.25, 0.3) is 0 Å². The van der Waals surface area contributed by atoms with Crippen LogP contribution in [0.2, 0.25) is 0 Å². The van der Waals surface area contributed by atoms with E-state index in [4.69, 9.17) is 5.11 Å². The van der Waals surface area contributed by atoms with E-state index in [1.54, 1.807) is 13.1 Å². The summed E-state index contributed by atoms with van der Waals surface area (Å²) in [6.45, 7) is 3.46. The number of aliphatic hydroxyl groups is 1. The summed E-state index contributed by atoms with van der Waals surface area (Å²) in [5, 5.41) is 14.8. The van der Waals surface area contributed by atoms with Crippen LogP contribution in [-0.2, 0) is 11.2 Å². The molecular formula is C12H19N3O2. The number of nitrogens with zero attached hydrogens (tertiary/aromatic N) is 1. The number of aliphatic hydroxyl groups excluding tert-OH is 1. The van der Waals surface area contributed by atoms with Gasteiger partial charge in [0, 0.05) is 31.5 Å². The molecule has 1 heterocycles. The predicted octanol–water partition coefficient (Wildman–Crippen LogP) is -0.289. The molecule has 1 unspecified atom stereocenters. The quantitative estimate of drug-likeness (QED) is 0.570. The zero-order chi connectivity index (χ0) is 12.5. The molecule has 94 valence electrons. The molecule has 1 rings (SSSR count). The lowest BCUT2D eigenvalue weighted by atomic mass is 10.2. The van der Waals surface area contributed by atoms with Crippen molar-refractivity contribution in [3.63, 3.8) is 0 Å². The lowest BCUT2D eigenvalue weighted by Crippen LogP contribution is -2.35. The number of carbonyl (C=O) groups excluding carboxylic acids is 1. The van der Waals surface area contributed by atoms with Gasteiger partial charge in [0.15, 0.2) is 0 Å². The molecule has 1 amide bonds. The third-order valence-electron chi connectivity index (χ3n) is 2.13. The van der Waals surface area contributed by atoms with Gasteiger partial charge in [-0.25, -0.2) is 0 Å². The van der Waals surface area contributed by atoms with Gasteiger partial charge < -0.3 is 15.7 Å². The zero-order valence-electron chi connectivity index (χ0n) is 10.0. The first-order valence-electron chi connectivity index (χ1n) is 5.74. The van der Waals surface area contributed by atoms with Crippen LogP contribution in [0.4, 0.5) is 0 Å². The summed E-state index contributed by atoms with van der Waals surface area (Å²) in [5.74, 6) is -0.0393. The van der Waals surface area contributed by atoms with Crippen LogP contribution < -0.4 is 10.6 Å². The fourth-order valence-electron chi connectivity index (χ4n) is 1.33. The summed E-state index contributed by atoms with van der Waals surface area (Å²) in [7, 11) is 0. The van der Waals surface area contributed by atoms with Crippen molar-refractivity contribution in [2.75, 3.05) is 19.6 Å². The first-order valence-corrected chi connectivity index (χ1v) is 5.74. The maximum Gasteiger partial charge on any atom is 0.226 e. The average Bonchev–Trinajstić information content (AvgIpc) is 2.29. The van der Waals surface area contributed by atoms with Crippen LogP contribution >= 0.6 is 0 Å². The fraction of sp³-hybridized carbons (Fsp3) is 0.500. The molecule has 0 bridgehead atoms. The SMILES string of the molecule is CC(O)CNCCNC(=O)Cc1ccccn1. The molecule has 0 aromatic carbocycles. The van der Waals surface area contributed by atoms with Crippen molar-refractivity contribution in [1.82, 2.24) is 15.6 Å². The maximum absolute atomic E-state index is 11.5. The van der Waals surface area contributed by atoms with Crippen LogP contribution in [0.5, 0.6) is 0 Å². The van der Waals surface area contributed by atoms with Crippen molar-refractivity contribution < 1.29 is 9.90 Å². The van der Waals surface area contributed by atoms with Crippen LogP contribution in [0.15, 0.2) is 24.4 Å². The van der Waals surface area contributed by atoms with E-state index >= 15 is 0 Å². The Kier molecular flexibility index (Phi) is 6.21. The van der Waals surface area contributed by atoms with E-state index < -0.39 is 0 Å². The number of hydrogen-bond acceptors (Lipinski definition) is 4. The predicted molar refractivity (Wildman–Crippen MR) is 65.5 cm³/mol. The lowest BCUT2D eigenvalue weighted by Gasteiger charge is -2.08. The van der Waals surface area contributed by atoms with Crippen LogP contribution in [0.3, 0.4) is 0 Å². The van der Waals surface area contributed by atoms with Crippen LogP contribution in [-0.4, -0.2) is 41.7 Å². The molecule has 3 N–H and O–H groups in total. The summed E-state index contributed by atoms with van der Waals surface area (Å²) in [4.78, 5) is 15.6. The highest BCUT2D eigenvalue weighted by Crippen LogP contribution is 1.93. The smallest absolute Gasteiger partial charge is 0.226 e. The van der Waals surface area contributed by atoms with E-state index in [0.29, 0.717) is 26.1 Å². The van der Waals surface area contributed by atoms with Gasteiger partial charge in [0.2, 0.25) is 5.91 Å². The third kappa shape index (κ3) is 6.65. The summed E-state index contributed by atoms with van der Waals surface area (Å²) >= 11 is 0. The monoisotopic (exact) mass is 237 g/mol. The lowest BCUT2D eigenvalue weighted by molar-refractivity contribution is -0.120. The minimum atomic E-state index is -0.362. The highest BCUT2D eigenvalue weighted by Gasteiger charge is 2.02. The van der Waals surface area contributed by atoms with E-state index in [1.807, 2.05) is 18.2 Å². The van der Waals surface area contributed by atoms with Gasteiger partial charge in [0.1, 0.15) is 0 Å². The Morgan fingerprint density at radius 1 is 1.47 bits per heavy atom. The molecule has 5 nitrogen and oxygen atoms in total. The second kappa shape index (κ2) is 7.76. The van der Waals surface area contributed by atoms with Crippen LogP contribution in [0.1, 0.15) is 12.6 Å². The van der Waals surface area contributed by atoms with Crippen molar-refractivity contribution in [2.24, 2.45) is 0 Å². The Balaban J connectivity index is 2.10. The van der Waals surface area contributed by atoms with Gasteiger partial charge >= 0.3 is 0 Å². The Morgan fingerprint density at radius 3 is 2.94 bits per heavy atom. The Bertz CT molecular complexity index is 328. The van der Waals surface area contributed by atoms with Gasteiger partial charge in [-0.1, -0.05) is 6.07 Å². The molecule has 5 heteroatoms. The van der Waals surface area contributed by atoms with Gasteiger partial charge in [-0.3, -0.25) is 9.78 Å². The number of aromatic nitrogens is 1. The normalized spacial score (nSPS) is 12.1. The van der Waals surface area contributed by atoms with E-state index in [-0.39, 0.29) is 12.0 Å². The molecule has 0 saturated heterocycles. The van der Waals surface area contributed by atoms with E-state index in [2.05, 4.69) is 15.6 Å². The minimum Gasteiger partial charge on any atom is -0.392 e. The van der Waals surface area contributed by atoms with Crippen molar-refractivity contribution in [3.8, 4) is 0 Å². The number of pyridine rings is 1. The summed E-state index contributed by atoms with van der Waals surface area (Å²) < 4.78 is 0.